The molecule has 6 nitrogen and oxygen atoms in total. The zero-order chi connectivity index (χ0) is 21.8. The SMILES string of the molecule is C=CCn1c(SCC(=O)N(CC)c2nc3ccccc3s2)nnc1-c1ccc(Cl)cc1. The van der Waals surface area contributed by atoms with Crippen molar-refractivity contribution in [3.05, 3.63) is 66.2 Å². The van der Waals surface area contributed by atoms with E-state index in [1.54, 1.807) is 11.0 Å². The Balaban J connectivity index is 1.53. The van der Waals surface area contributed by atoms with Crippen LogP contribution in [0.1, 0.15) is 6.92 Å². The lowest BCUT2D eigenvalue weighted by molar-refractivity contribution is -0.116. The number of para-hydroxylation sites is 1. The number of aromatic nitrogens is 4. The topological polar surface area (TPSA) is 63.9 Å². The molecule has 158 valence electrons. The van der Waals surface area contributed by atoms with E-state index in [-0.39, 0.29) is 11.7 Å². The van der Waals surface area contributed by atoms with Crippen molar-refractivity contribution < 1.29 is 4.79 Å². The Bertz CT molecular complexity index is 1190. The molecule has 2 heterocycles. The van der Waals surface area contributed by atoms with Gasteiger partial charge in [-0.3, -0.25) is 14.3 Å². The highest BCUT2D eigenvalue weighted by Gasteiger charge is 2.20. The predicted octanol–water partition coefficient (Wildman–Crippen LogP) is 5.54. The van der Waals surface area contributed by atoms with Gasteiger partial charge in [0.2, 0.25) is 5.91 Å². The summed E-state index contributed by atoms with van der Waals surface area (Å²) in [5.41, 5.74) is 1.81. The van der Waals surface area contributed by atoms with Crippen LogP contribution in [-0.4, -0.2) is 38.0 Å². The molecule has 4 aromatic rings. The van der Waals surface area contributed by atoms with Gasteiger partial charge in [0.05, 0.1) is 16.0 Å². The number of hydrogen-bond acceptors (Lipinski definition) is 6. The quantitative estimate of drug-likeness (QED) is 0.250. The fourth-order valence-corrected chi connectivity index (χ4v) is 5.10. The Labute approximate surface area is 193 Å². The van der Waals surface area contributed by atoms with Crippen molar-refractivity contribution in [2.75, 3.05) is 17.2 Å². The van der Waals surface area contributed by atoms with Crippen molar-refractivity contribution in [1.29, 1.82) is 0 Å². The van der Waals surface area contributed by atoms with Gasteiger partial charge in [-0.25, -0.2) is 4.98 Å². The maximum absolute atomic E-state index is 13.0. The van der Waals surface area contributed by atoms with Crippen molar-refractivity contribution in [2.45, 2.75) is 18.6 Å². The molecule has 0 atom stereocenters. The fraction of sp³-hybridized carbons (Fsp3) is 0.182. The van der Waals surface area contributed by atoms with Crippen LogP contribution < -0.4 is 4.90 Å². The van der Waals surface area contributed by atoms with Crippen LogP contribution in [0.5, 0.6) is 0 Å². The van der Waals surface area contributed by atoms with Gasteiger partial charge < -0.3 is 0 Å². The Morgan fingerprint density at radius 1 is 1.23 bits per heavy atom. The van der Waals surface area contributed by atoms with E-state index in [9.17, 15) is 4.79 Å². The number of anilines is 1. The standard InChI is InChI=1S/C22H20ClN5OS2/c1-3-13-28-20(15-9-11-16(23)12-10-15)25-26-22(28)30-14-19(29)27(4-2)21-24-17-7-5-6-8-18(17)31-21/h3,5-12H,1,4,13-14H2,2H3. The average Bonchev–Trinajstić information content (AvgIpc) is 3.38. The molecule has 2 aromatic carbocycles. The van der Waals surface area contributed by atoms with E-state index in [1.165, 1.54) is 23.1 Å². The largest absolute Gasteiger partial charge is 0.298 e. The summed E-state index contributed by atoms with van der Waals surface area (Å²) in [6, 6.07) is 15.3. The van der Waals surface area contributed by atoms with Gasteiger partial charge in [0.1, 0.15) is 0 Å². The number of allylic oxidation sites excluding steroid dienone is 1. The van der Waals surface area contributed by atoms with Crippen LogP contribution in [0.15, 0.2) is 66.3 Å². The van der Waals surface area contributed by atoms with Gasteiger partial charge >= 0.3 is 0 Å². The number of rotatable bonds is 8. The molecule has 0 aliphatic carbocycles. The third-order valence-corrected chi connectivity index (χ3v) is 6.85. The molecule has 0 unspecified atom stereocenters. The molecule has 0 saturated heterocycles. The summed E-state index contributed by atoms with van der Waals surface area (Å²) >= 11 is 8.88. The number of carbonyl (C=O) groups excluding carboxylic acids is 1. The predicted molar refractivity (Wildman–Crippen MR) is 129 cm³/mol. The minimum atomic E-state index is -0.0206. The number of amides is 1. The lowest BCUT2D eigenvalue weighted by Crippen LogP contribution is -2.32. The van der Waals surface area contributed by atoms with E-state index < -0.39 is 0 Å². The number of thiazole rings is 1. The van der Waals surface area contributed by atoms with Gasteiger partial charge in [-0.1, -0.05) is 52.9 Å². The highest BCUT2D eigenvalue weighted by molar-refractivity contribution is 7.99. The van der Waals surface area contributed by atoms with Crippen LogP contribution in [0, 0.1) is 0 Å². The zero-order valence-electron chi connectivity index (χ0n) is 16.9. The molecular weight excluding hydrogens is 450 g/mol. The molecule has 0 N–H and O–H groups in total. The van der Waals surface area contributed by atoms with Crippen LogP contribution in [0.4, 0.5) is 5.13 Å². The third-order valence-electron chi connectivity index (χ3n) is 4.59. The van der Waals surface area contributed by atoms with E-state index in [4.69, 9.17) is 11.6 Å². The number of fused-ring (bicyclic) bond motifs is 1. The van der Waals surface area contributed by atoms with E-state index in [0.29, 0.717) is 34.2 Å². The summed E-state index contributed by atoms with van der Waals surface area (Å²) in [6.45, 7) is 6.87. The summed E-state index contributed by atoms with van der Waals surface area (Å²) in [5.74, 6) is 0.928. The molecule has 2 aromatic heterocycles. The van der Waals surface area contributed by atoms with Crippen LogP contribution in [0.3, 0.4) is 0 Å². The minimum absolute atomic E-state index is 0.0206. The second-order valence-electron chi connectivity index (χ2n) is 6.60. The van der Waals surface area contributed by atoms with Crippen LogP contribution in [0.25, 0.3) is 21.6 Å². The van der Waals surface area contributed by atoms with Gasteiger partial charge in [-0.05, 0) is 43.3 Å². The van der Waals surface area contributed by atoms with Crippen molar-refractivity contribution in [2.24, 2.45) is 0 Å². The summed E-state index contributed by atoms with van der Waals surface area (Å²) < 4.78 is 3.01. The lowest BCUT2D eigenvalue weighted by atomic mass is 10.2. The van der Waals surface area contributed by atoms with Crippen molar-refractivity contribution >= 4 is 56.0 Å². The molecule has 0 radical (unpaired) electrons. The molecule has 0 aliphatic rings. The molecule has 1 amide bonds. The first-order valence-corrected chi connectivity index (χ1v) is 11.9. The number of halogens is 1. The molecule has 9 heteroatoms. The minimum Gasteiger partial charge on any atom is -0.298 e. The van der Waals surface area contributed by atoms with Gasteiger partial charge in [-0.2, -0.15) is 0 Å². The third kappa shape index (κ3) is 4.66. The maximum atomic E-state index is 13.0. The fourth-order valence-electron chi connectivity index (χ4n) is 3.10. The van der Waals surface area contributed by atoms with Gasteiger partial charge in [0.25, 0.3) is 0 Å². The van der Waals surface area contributed by atoms with E-state index >= 15 is 0 Å². The number of carbonyl (C=O) groups is 1. The van der Waals surface area contributed by atoms with E-state index in [0.717, 1.165) is 15.8 Å². The monoisotopic (exact) mass is 469 g/mol. The van der Waals surface area contributed by atoms with Crippen molar-refractivity contribution in [3.63, 3.8) is 0 Å². The summed E-state index contributed by atoms with van der Waals surface area (Å²) in [5, 5.41) is 10.7. The summed E-state index contributed by atoms with van der Waals surface area (Å²) in [4.78, 5) is 19.3. The zero-order valence-corrected chi connectivity index (χ0v) is 19.3. The smallest absolute Gasteiger partial charge is 0.239 e. The molecule has 0 bridgehead atoms. The first-order valence-electron chi connectivity index (χ1n) is 9.69. The molecule has 0 aliphatic heterocycles. The highest BCUT2D eigenvalue weighted by Crippen LogP contribution is 2.30. The number of hydrogen-bond donors (Lipinski definition) is 0. The van der Waals surface area contributed by atoms with Crippen LogP contribution in [0.2, 0.25) is 5.02 Å². The highest BCUT2D eigenvalue weighted by atomic mass is 35.5. The molecule has 0 fully saturated rings. The number of benzene rings is 2. The Morgan fingerprint density at radius 2 is 2.00 bits per heavy atom. The van der Waals surface area contributed by atoms with Gasteiger partial charge in [-0.15, -0.1) is 16.8 Å². The molecular formula is C22H20ClN5OS2. The first kappa shape index (κ1) is 21.5. The second-order valence-corrected chi connectivity index (χ2v) is 8.99. The number of nitrogens with zero attached hydrogens (tertiary/aromatic N) is 5. The van der Waals surface area contributed by atoms with Crippen LogP contribution >= 0.6 is 34.7 Å². The van der Waals surface area contributed by atoms with Gasteiger partial charge in [0, 0.05) is 23.7 Å². The Hall–Kier alpha value is -2.68. The molecule has 0 saturated carbocycles. The summed E-state index contributed by atoms with van der Waals surface area (Å²) in [7, 11) is 0. The van der Waals surface area contributed by atoms with Crippen molar-refractivity contribution in [3.8, 4) is 11.4 Å². The second kappa shape index (κ2) is 9.64. The van der Waals surface area contributed by atoms with Crippen molar-refractivity contribution in [1.82, 2.24) is 19.7 Å². The van der Waals surface area contributed by atoms with Crippen LogP contribution in [-0.2, 0) is 11.3 Å². The van der Waals surface area contributed by atoms with E-state index in [2.05, 4.69) is 21.8 Å². The number of thioether (sulfide) groups is 1. The lowest BCUT2D eigenvalue weighted by Gasteiger charge is -2.17. The normalized spacial score (nSPS) is 11.0. The molecule has 31 heavy (non-hydrogen) atoms. The average molecular weight is 470 g/mol. The maximum Gasteiger partial charge on any atom is 0.239 e. The van der Waals surface area contributed by atoms with E-state index in [1.807, 2.05) is 60.0 Å². The molecule has 4 rings (SSSR count). The first-order chi connectivity index (χ1) is 15.1. The van der Waals surface area contributed by atoms with Gasteiger partial charge in [0.15, 0.2) is 16.1 Å². The molecule has 0 spiro atoms. The summed E-state index contributed by atoms with van der Waals surface area (Å²) in [6.07, 6.45) is 1.79. The Kier molecular flexibility index (Phi) is 6.70. The Morgan fingerprint density at radius 3 is 2.71 bits per heavy atom.